The van der Waals surface area contributed by atoms with Gasteiger partial charge in [-0.05, 0) is 53.1 Å². The molecule has 0 aliphatic heterocycles. The molecule has 0 N–H and O–H groups in total. The molecule has 0 spiro atoms. The number of carbonyl (C=O) groups is 1. The Hall–Kier alpha value is -3.27. The van der Waals surface area contributed by atoms with E-state index in [1.165, 1.54) is 0 Å². The number of methoxy groups -OCH3 is 2. The predicted molar refractivity (Wildman–Crippen MR) is 107 cm³/mol. The zero-order valence-corrected chi connectivity index (χ0v) is 15.8. The van der Waals surface area contributed by atoms with Crippen LogP contribution >= 0.6 is 0 Å². The second-order valence-electron chi connectivity index (χ2n) is 6.32. The van der Waals surface area contributed by atoms with Crippen molar-refractivity contribution >= 4 is 5.91 Å². The topological polar surface area (TPSA) is 38.8 Å². The van der Waals surface area contributed by atoms with Gasteiger partial charge in [-0.1, -0.05) is 36.4 Å². The van der Waals surface area contributed by atoms with Crippen molar-refractivity contribution in [2.75, 3.05) is 21.3 Å². The molecule has 0 heterocycles. The summed E-state index contributed by atoms with van der Waals surface area (Å²) in [7, 11) is 5.09. The van der Waals surface area contributed by atoms with E-state index in [1.54, 1.807) is 26.2 Å². The van der Waals surface area contributed by atoms with Crippen LogP contribution in [-0.2, 0) is 6.54 Å². The summed E-state index contributed by atoms with van der Waals surface area (Å²) in [5.41, 5.74) is 3.78. The molecule has 27 heavy (non-hydrogen) atoms. The van der Waals surface area contributed by atoms with Gasteiger partial charge in [-0.3, -0.25) is 4.79 Å². The van der Waals surface area contributed by atoms with Gasteiger partial charge in [-0.2, -0.15) is 0 Å². The molecular weight excluding hydrogens is 338 g/mol. The van der Waals surface area contributed by atoms with Crippen molar-refractivity contribution in [1.29, 1.82) is 0 Å². The van der Waals surface area contributed by atoms with Crippen LogP contribution in [0.1, 0.15) is 15.9 Å². The van der Waals surface area contributed by atoms with E-state index < -0.39 is 0 Å². The first-order valence-corrected chi connectivity index (χ1v) is 8.73. The summed E-state index contributed by atoms with van der Waals surface area (Å²) < 4.78 is 10.5. The molecule has 0 aliphatic rings. The van der Waals surface area contributed by atoms with Crippen LogP contribution < -0.4 is 9.47 Å². The van der Waals surface area contributed by atoms with Crippen molar-refractivity contribution in [3.63, 3.8) is 0 Å². The number of amides is 1. The Morgan fingerprint density at radius 3 is 2.11 bits per heavy atom. The fourth-order valence-electron chi connectivity index (χ4n) is 2.94. The summed E-state index contributed by atoms with van der Waals surface area (Å²) in [6.45, 7) is 0.521. The van der Waals surface area contributed by atoms with E-state index in [0.29, 0.717) is 12.1 Å². The molecule has 4 nitrogen and oxygen atoms in total. The van der Waals surface area contributed by atoms with Crippen molar-refractivity contribution in [1.82, 2.24) is 4.90 Å². The monoisotopic (exact) mass is 361 g/mol. The SMILES string of the molecule is COc1cccc(CN(C)C(=O)c2ccc(-c3cccc(OC)c3)cc2)c1. The van der Waals surface area contributed by atoms with Crippen molar-refractivity contribution in [3.05, 3.63) is 83.9 Å². The Balaban J connectivity index is 1.72. The minimum absolute atomic E-state index is 0.0185. The van der Waals surface area contributed by atoms with Gasteiger partial charge in [-0.25, -0.2) is 0 Å². The first-order valence-electron chi connectivity index (χ1n) is 8.73. The zero-order valence-electron chi connectivity index (χ0n) is 15.8. The molecule has 1 amide bonds. The summed E-state index contributed by atoms with van der Waals surface area (Å²) in [6.07, 6.45) is 0. The number of hydrogen-bond acceptors (Lipinski definition) is 3. The molecule has 0 saturated heterocycles. The largest absolute Gasteiger partial charge is 0.497 e. The molecule has 4 heteroatoms. The molecule has 0 atom stereocenters. The second kappa shape index (κ2) is 8.41. The fraction of sp³-hybridized carbons (Fsp3) is 0.174. The van der Waals surface area contributed by atoms with Gasteiger partial charge in [0.25, 0.3) is 5.91 Å². The third kappa shape index (κ3) is 4.47. The highest BCUT2D eigenvalue weighted by Crippen LogP contribution is 2.24. The van der Waals surface area contributed by atoms with Gasteiger partial charge in [0, 0.05) is 19.2 Å². The molecule has 0 fully saturated rings. The maximum Gasteiger partial charge on any atom is 0.253 e. The van der Waals surface area contributed by atoms with E-state index in [2.05, 4.69) is 0 Å². The lowest BCUT2D eigenvalue weighted by Gasteiger charge is -2.18. The lowest BCUT2D eigenvalue weighted by atomic mass is 10.0. The van der Waals surface area contributed by atoms with Crippen LogP contribution in [0.3, 0.4) is 0 Å². The smallest absolute Gasteiger partial charge is 0.253 e. The normalized spacial score (nSPS) is 10.3. The number of ether oxygens (including phenoxy) is 2. The maximum absolute atomic E-state index is 12.7. The Bertz CT molecular complexity index is 919. The summed E-state index contributed by atoms with van der Waals surface area (Å²) in [5.74, 6) is 1.58. The van der Waals surface area contributed by atoms with E-state index in [4.69, 9.17) is 9.47 Å². The number of benzene rings is 3. The number of hydrogen-bond donors (Lipinski definition) is 0. The lowest BCUT2D eigenvalue weighted by molar-refractivity contribution is 0.0785. The lowest BCUT2D eigenvalue weighted by Crippen LogP contribution is -2.26. The highest BCUT2D eigenvalue weighted by molar-refractivity contribution is 5.94. The van der Waals surface area contributed by atoms with Crippen LogP contribution in [0.2, 0.25) is 0 Å². The van der Waals surface area contributed by atoms with Gasteiger partial charge < -0.3 is 14.4 Å². The molecule has 3 rings (SSSR count). The average molecular weight is 361 g/mol. The Morgan fingerprint density at radius 2 is 1.44 bits per heavy atom. The zero-order chi connectivity index (χ0) is 19.2. The summed E-state index contributed by atoms with van der Waals surface area (Å²) in [5, 5.41) is 0. The highest BCUT2D eigenvalue weighted by atomic mass is 16.5. The van der Waals surface area contributed by atoms with E-state index in [9.17, 15) is 4.79 Å². The minimum Gasteiger partial charge on any atom is -0.497 e. The summed E-state index contributed by atoms with van der Waals surface area (Å²) >= 11 is 0. The first kappa shape index (κ1) is 18.5. The molecule has 0 unspecified atom stereocenters. The van der Waals surface area contributed by atoms with E-state index >= 15 is 0 Å². The predicted octanol–water partition coefficient (Wildman–Crippen LogP) is 4.64. The van der Waals surface area contributed by atoms with Crippen LogP contribution in [0.5, 0.6) is 11.5 Å². The Labute approximate surface area is 160 Å². The van der Waals surface area contributed by atoms with Crippen LogP contribution in [0.25, 0.3) is 11.1 Å². The van der Waals surface area contributed by atoms with Crippen molar-refractivity contribution in [3.8, 4) is 22.6 Å². The highest BCUT2D eigenvalue weighted by Gasteiger charge is 2.12. The van der Waals surface area contributed by atoms with Crippen LogP contribution in [0, 0.1) is 0 Å². The molecule has 3 aromatic rings. The molecule has 0 radical (unpaired) electrons. The van der Waals surface area contributed by atoms with Gasteiger partial charge in [0.1, 0.15) is 11.5 Å². The van der Waals surface area contributed by atoms with Gasteiger partial charge in [0.2, 0.25) is 0 Å². The van der Waals surface area contributed by atoms with E-state index in [-0.39, 0.29) is 5.91 Å². The molecule has 0 aliphatic carbocycles. The first-order chi connectivity index (χ1) is 13.1. The maximum atomic E-state index is 12.7. The van der Waals surface area contributed by atoms with Gasteiger partial charge in [-0.15, -0.1) is 0 Å². The summed E-state index contributed by atoms with van der Waals surface area (Å²) in [4.78, 5) is 14.4. The summed E-state index contributed by atoms with van der Waals surface area (Å²) in [6, 6.07) is 23.2. The molecule has 0 saturated carbocycles. The van der Waals surface area contributed by atoms with Crippen molar-refractivity contribution in [2.24, 2.45) is 0 Å². The average Bonchev–Trinajstić information content (AvgIpc) is 2.73. The fourth-order valence-corrected chi connectivity index (χ4v) is 2.94. The third-order valence-corrected chi connectivity index (χ3v) is 4.44. The van der Waals surface area contributed by atoms with E-state index in [1.807, 2.05) is 72.8 Å². The van der Waals surface area contributed by atoms with Crippen LogP contribution in [0.4, 0.5) is 0 Å². The molecule has 0 bridgehead atoms. The van der Waals surface area contributed by atoms with E-state index in [0.717, 1.165) is 28.2 Å². The molecule has 138 valence electrons. The Kier molecular flexibility index (Phi) is 5.77. The van der Waals surface area contributed by atoms with Gasteiger partial charge >= 0.3 is 0 Å². The van der Waals surface area contributed by atoms with Crippen LogP contribution in [0.15, 0.2) is 72.8 Å². The number of rotatable bonds is 6. The van der Waals surface area contributed by atoms with Crippen molar-refractivity contribution < 1.29 is 14.3 Å². The molecule has 0 aromatic heterocycles. The standard InChI is InChI=1S/C23H23NO3/c1-24(16-17-6-4-8-21(14-17)26-2)23(25)19-12-10-18(11-13-19)20-7-5-9-22(15-20)27-3/h4-15H,16H2,1-3H3. The van der Waals surface area contributed by atoms with Gasteiger partial charge in [0.15, 0.2) is 0 Å². The molecular formula is C23H23NO3. The number of carbonyl (C=O) groups excluding carboxylic acids is 1. The third-order valence-electron chi connectivity index (χ3n) is 4.44. The number of nitrogens with zero attached hydrogens (tertiary/aromatic N) is 1. The Morgan fingerprint density at radius 1 is 0.815 bits per heavy atom. The second-order valence-corrected chi connectivity index (χ2v) is 6.32. The minimum atomic E-state index is -0.0185. The van der Waals surface area contributed by atoms with Gasteiger partial charge in [0.05, 0.1) is 14.2 Å². The van der Waals surface area contributed by atoms with Crippen molar-refractivity contribution in [2.45, 2.75) is 6.54 Å². The van der Waals surface area contributed by atoms with Crippen LogP contribution in [-0.4, -0.2) is 32.1 Å². The quantitative estimate of drug-likeness (QED) is 0.642. The molecule has 3 aromatic carbocycles.